The van der Waals surface area contributed by atoms with Gasteiger partial charge in [-0.25, -0.2) is 14.5 Å². The number of nitrogens with zero attached hydrogens (tertiary/aromatic N) is 6. The summed E-state index contributed by atoms with van der Waals surface area (Å²) in [6, 6.07) is 2.71. The van der Waals surface area contributed by atoms with Crippen molar-refractivity contribution in [1.82, 2.24) is 20.0 Å². The number of pyridine rings is 1. The molecule has 1 fully saturated rings. The number of hydrogen-bond acceptors (Lipinski definition) is 7. The van der Waals surface area contributed by atoms with Crippen LogP contribution in [-0.2, 0) is 0 Å². The lowest BCUT2D eigenvalue weighted by atomic mass is 10.1. The van der Waals surface area contributed by atoms with Crippen molar-refractivity contribution >= 4 is 17.5 Å². The molecule has 21 heavy (non-hydrogen) atoms. The summed E-state index contributed by atoms with van der Waals surface area (Å²) in [5.41, 5.74) is -0.126. The van der Waals surface area contributed by atoms with Gasteiger partial charge in [-0.1, -0.05) is 5.21 Å². The smallest absolute Gasteiger partial charge is 0.358 e. The lowest BCUT2D eigenvalue weighted by Crippen LogP contribution is -2.48. The fourth-order valence-electron chi connectivity index (χ4n) is 2.06. The van der Waals surface area contributed by atoms with Crippen molar-refractivity contribution in [1.29, 1.82) is 0 Å². The summed E-state index contributed by atoms with van der Waals surface area (Å²) in [6.07, 6.45) is 2.75. The molecular formula is C11H10N6O4. The minimum absolute atomic E-state index is 0.0163. The van der Waals surface area contributed by atoms with Crippen molar-refractivity contribution in [2.24, 2.45) is 0 Å². The van der Waals surface area contributed by atoms with E-state index in [9.17, 15) is 14.9 Å². The van der Waals surface area contributed by atoms with Crippen LogP contribution < -0.4 is 4.90 Å². The third-order valence-corrected chi connectivity index (χ3v) is 3.23. The Morgan fingerprint density at radius 1 is 1.48 bits per heavy atom. The van der Waals surface area contributed by atoms with E-state index in [1.165, 1.54) is 29.2 Å². The first kappa shape index (κ1) is 13.0. The normalized spacial score (nSPS) is 14.8. The number of hydrogen-bond donors (Lipinski definition) is 1. The molecule has 0 amide bonds. The van der Waals surface area contributed by atoms with E-state index in [0.29, 0.717) is 18.9 Å². The summed E-state index contributed by atoms with van der Waals surface area (Å²) >= 11 is 0. The Bertz CT molecular complexity index is 708. The number of carboxylic acids is 1. The van der Waals surface area contributed by atoms with E-state index in [1.807, 2.05) is 4.90 Å². The van der Waals surface area contributed by atoms with Gasteiger partial charge in [0.1, 0.15) is 5.82 Å². The van der Waals surface area contributed by atoms with Gasteiger partial charge in [0, 0.05) is 25.4 Å². The molecule has 3 rings (SSSR count). The van der Waals surface area contributed by atoms with Crippen LogP contribution in [0.3, 0.4) is 0 Å². The highest BCUT2D eigenvalue weighted by molar-refractivity contribution is 5.84. The van der Waals surface area contributed by atoms with Gasteiger partial charge < -0.3 is 10.0 Å². The molecule has 10 nitrogen and oxygen atoms in total. The van der Waals surface area contributed by atoms with E-state index in [4.69, 9.17) is 5.11 Å². The largest absolute Gasteiger partial charge is 0.476 e. The van der Waals surface area contributed by atoms with Crippen LogP contribution in [0.1, 0.15) is 16.5 Å². The average Bonchev–Trinajstić information content (AvgIpc) is 2.87. The zero-order chi connectivity index (χ0) is 15.0. The Morgan fingerprint density at radius 3 is 2.86 bits per heavy atom. The minimum Gasteiger partial charge on any atom is -0.476 e. The van der Waals surface area contributed by atoms with Gasteiger partial charge in [-0.15, -0.1) is 5.10 Å². The van der Waals surface area contributed by atoms with Crippen molar-refractivity contribution in [3.05, 3.63) is 40.3 Å². The second-order valence-corrected chi connectivity index (χ2v) is 4.58. The zero-order valence-electron chi connectivity index (χ0n) is 10.7. The van der Waals surface area contributed by atoms with E-state index >= 15 is 0 Å². The number of nitro groups is 1. The molecule has 0 saturated carbocycles. The maximum atomic E-state index is 10.7. The van der Waals surface area contributed by atoms with Crippen molar-refractivity contribution in [3.8, 4) is 0 Å². The third kappa shape index (κ3) is 2.38. The van der Waals surface area contributed by atoms with E-state index in [-0.39, 0.29) is 17.4 Å². The summed E-state index contributed by atoms with van der Waals surface area (Å²) in [5, 5.41) is 26.8. The average molecular weight is 290 g/mol. The summed E-state index contributed by atoms with van der Waals surface area (Å²) in [6.45, 7) is 1.08. The highest BCUT2D eigenvalue weighted by Gasteiger charge is 2.31. The quantitative estimate of drug-likeness (QED) is 0.630. The number of carbonyl (C=O) groups is 1. The molecule has 0 bridgehead atoms. The number of aromatic carboxylic acids is 1. The van der Waals surface area contributed by atoms with E-state index in [2.05, 4.69) is 15.3 Å². The Labute approximate surface area is 117 Å². The van der Waals surface area contributed by atoms with Gasteiger partial charge in [0.05, 0.1) is 23.2 Å². The molecule has 0 spiro atoms. The zero-order valence-corrected chi connectivity index (χ0v) is 10.7. The standard InChI is InChI=1S/C11H10N6O4/c18-11(19)9-6-16(14-13-9)8-4-15(5-8)10-3-7(17(20)21)1-2-12-10/h1-3,6,8H,4-5H2,(H,18,19). The van der Waals surface area contributed by atoms with Crippen LogP contribution in [0.25, 0.3) is 0 Å². The Morgan fingerprint density at radius 2 is 2.24 bits per heavy atom. The first-order valence-electron chi connectivity index (χ1n) is 6.05. The second-order valence-electron chi connectivity index (χ2n) is 4.58. The highest BCUT2D eigenvalue weighted by Crippen LogP contribution is 2.27. The van der Waals surface area contributed by atoms with Crippen LogP contribution in [0, 0.1) is 10.1 Å². The molecule has 1 N–H and O–H groups in total. The SMILES string of the molecule is O=C(O)c1cn(C2CN(c3cc([N+](=O)[O-])ccn3)C2)nn1. The maximum Gasteiger partial charge on any atom is 0.358 e. The van der Waals surface area contributed by atoms with Gasteiger partial charge in [-0.3, -0.25) is 10.1 Å². The van der Waals surface area contributed by atoms with Crippen molar-refractivity contribution in [2.45, 2.75) is 6.04 Å². The molecule has 2 aromatic heterocycles. The Hall–Kier alpha value is -3.04. The first-order chi connectivity index (χ1) is 10.0. The molecule has 3 heterocycles. The van der Waals surface area contributed by atoms with Gasteiger partial charge in [0.15, 0.2) is 5.69 Å². The lowest BCUT2D eigenvalue weighted by molar-refractivity contribution is -0.384. The van der Waals surface area contributed by atoms with Crippen molar-refractivity contribution in [2.75, 3.05) is 18.0 Å². The molecule has 10 heteroatoms. The van der Waals surface area contributed by atoms with Gasteiger partial charge in [0.25, 0.3) is 5.69 Å². The molecule has 1 aliphatic heterocycles. The number of anilines is 1. The molecule has 1 aliphatic rings. The number of carboxylic acid groups (broad SMARTS) is 1. The Balaban J connectivity index is 1.68. The summed E-state index contributed by atoms with van der Waals surface area (Å²) in [5.74, 6) is -0.614. The van der Waals surface area contributed by atoms with Gasteiger partial charge >= 0.3 is 5.97 Å². The van der Waals surface area contributed by atoms with Crippen LogP contribution in [0.15, 0.2) is 24.5 Å². The van der Waals surface area contributed by atoms with Crippen LogP contribution in [0.4, 0.5) is 11.5 Å². The molecule has 2 aromatic rings. The second kappa shape index (κ2) is 4.81. The number of aromatic nitrogens is 4. The van der Waals surface area contributed by atoms with E-state index < -0.39 is 10.9 Å². The molecule has 0 radical (unpaired) electrons. The molecule has 0 aromatic carbocycles. The Kier molecular flexibility index (Phi) is 2.97. The van der Waals surface area contributed by atoms with Crippen molar-refractivity contribution < 1.29 is 14.8 Å². The van der Waals surface area contributed by atoms with Crippen LogP contribution in [0.5, 0.6) is 0 Å². The van der Waals surface area contributed by atoms with Gasteiger partial charge in [0.2, 0.25) is 0 Å². The first-order valence-corrected chi connectivity index (χ1v) is 6.05. The van der Waals surface area contributed by atoms with E-state index in [1.54, 1.807) is 0 Å². The molecule has 0 aliphatic carbocycles. The molecule has 1 saturated heterocycles. The third-order valence-electron chi connectivity index (χ3n) is 3.23. The van der Waals surface area contributed by atoms with Gasteiger partial charge in [-0.2, -0.15) is 0 Å². The summed E-state index contributed by atoms with van der Waals surface area (Å²) in [7, 11) is 0. The molecule has 0 unspecified atom stereocenters. The fraction of sp³-hybridized carbons (Fsp3) is 0.273. The van der Waals surface area contributed by atoms with Crippen LogP contribution in [0.2, 0.25) is 0 Å². The van der Waals surface area contributed by atoms with E-state index in [0.717, 1.165) is 0 Å². The summed E-state index contributed by atoms with van der Waals surface area (Å²) < 4.78 is 1.48. The van der Waals surface area contributed by atoms with Crippen LogP contribution >= 0.6 is 0 Å². The maximum absolute atomic E-state index is 10.7. The van der Waals surface area contributed by atoms with Crippen LogP contribution in [-0.4, -0.2) is 49.1 Å². The predicted octanol–water partition coefficient (Wildman–Crippen LogP) is 0.341. The highest BCUT2D eigenvalue weighted by atomic mass is 16.6. The minimum atomic E-state index is -1.13. The fourth-order valence-corrected chi connectivity index (χ4v) is 2.06. The number of rotatable bonds is 4. The molecular weight excluding hydrogens is 280 g/mol. The van der Waals surface area contributed by atoms with Gasteiger partial charge in [-0.05, 0) is 0 Å². The summed E-state index contributed by atoms with van der Waals surface area (Å²) in [4.78, 5) is 26.9. The lowest BCUT2D eigenvalue weighted by Gasteiger charge is -2.39. The van der Waals surface area contributed by atoms with Crippen molar-refractivity contribution in [3.63, 3.8) is 0 Å². The monoisotopic (exact) mass is 290 g/mol. The topological polar surface area (TPSA) is 127 Å². The predicted molar refractivity (Wildman–Crippen MR) is 69.1 cm³/mol. The molecule has 108 valence electrons. The molecule has 0 atom stereocenters.